The number of thioether (sulfide) groups is 1. The number of carbonyl (C=O) groups is 1. The van der Waals surface area contributed by atoms with E-state index in [1.54, 1.807) is 30.3 Å². The molecular weight excluding hydrogens is 355 g/mol. The van der Waals surface area contributed by atoms with Crippen molar-refractivity contribution in [2.24, 2.45) is 0 Å². The molecule has 116 valence electrons. The molecule has 0 saturated carbocycles. The summed E-state index contributed by atoms with van der Waals surface area (Å²) in [5, 5.41) is 1.69. The fourth-order valence-corrected chi connectivity index (χ4v) is 3.33. The van der Waals surface area contributed by atoms with Crippen LogP contribution in [0.2, 0.25) is 10.0 Å². The van der Waals surface area contributed by atoms with Gasteiger partial charge in [-0.3, -0.25) is 9.59 Å². The van der Waals surface area contributed by atoms with Gasteiger partial charge in [-0.1, -0.05) is 47.1 Å². The van der Waals surface area contributed by atoms with E-state index in [1.807, 2.05) is 6.07 Å². The maximum Gasteiger partial charge on any atom is 0.259 e. The predicted octanol–water partition coefficient (Wildman–Crippen LogP) is 4.20. The van der Waals surface area contributed by atoms with Gasteiger partial charge in [0.15, 0.2) is 10.9 Å². The molecule has 3 rings (SSSR count). The number of Topliss-reactive ketones (excluding diaryl/α,β-unsaturated/α-hetero) is 1. The molecule has 0 amide bonds. The molecule has 1 aromatic heterocycles. The van der Waals surface area contributed by atoms with Gasteiger partial charge in [-0.05, 0) is 30.3 Å². The summed E-state index contributed by atoms with van der Waals surface area (Å²) in [5.74, 6) is -0.0460. The van der Waals surface area contributed by atoms with Crippen LogP contribution in [0.3, 0.4) is 0 Å². The van der Waals surface area contributed by atoms with Crippen LogP contribution >= 0.6 is 35.0 Å². The molecule has 0 unspecified atom stereocenters. The zero-order valence-electron chi connectivity index (χ0n) is 11.7. The summed E-state index contributed by atoms with van der Waals surface area (Å²) >= 11 is 13.0. The Labute approximate surface area is 145 Å². The molecule has 1 N–H and O–H groups in total. The maximum absolute atomic E-state index is 12.2. The van der Waals surface area contributed by atoms with Gasteiger partial charge in [-0.2, -0.15) is 0 Å². The van der Waals surface area contributed by atoms with Crippen LogP contribution in [0.1, 0.15) is 10.4 Å². The minimum Gasteiger partial charge on any atom is -0.301 e. The standard InChI is InChI=1S/C16H10Cl2N2O2S/c17-9-5-6-10(12(18)7-9)14(21)8-23-16-19-13-4-2-1-3-11(13)15(22)20-16/h1-7H,8H2,(H,19,20,22). The van der Waals surface area contributed by atoms with E-state index in [2.05, 4.69) is 9.97 Å². The third-order valence-electron chi connectivity index (χ3n) is 3.16. The van der Waals surface area contributed by atoms with Gasteiger partial charge >= 0.3 is 0 Å². The Balaban J connectivity index is 1.80. The van der Waals surface area contributed by atoms with Crippen molar-refractivity contribution in [2.75, 3.05) is 5.75 Å². The Morgan fingerprint density at radius 3 is 2.74 bits per heavy atom. The Morgan fingerprint density at radius 2 is 1.96 bits per heavy atom. The molecule has 7 heteroatoms. The summed E-state index contributed by atoms with van der Waals surface area (Å²) in [4.78, 5) is 31.2. The van der Waals surface area contributed by atoms with Crippen molar-refractivity contribution < 1.29 is 4.79 Å². The van der Waals surface area contributed by atoms with Crippen molar-refractivity contribution in [2.45, 2.75) is 5.16 Å². The normalized spacial score (nSPS) is 10.9. The molecule has 3 aromatic rings. The van der Waals surface area contributed by atoms with Gasteiger partial charge in [0, 0.05) is 10.6 Å². The van der Waals surface area contributed by atoms with Crippen molar-refractivity contribution >= 4 is 51.6 Å². The minimum atomic E-state index is -0.227. The zero-order chi connectivity index (χ0) is 16.4. The second kappa shape index (κ2) is 6.74. The lowest BCUT2D eigenvalue weighted by molar-refractivity contribution is 0.102. The first kappa shape index (κ1) is 16.1. The number of nitrogens with one attached hydrogen (secondary N) is 1. The van der Waals surface area contributed by atoms with E-state index in [1.165, 1.54) is 6.07 Å². The number of benzene rings is 2. The molecule has 0 spiro atoms. The second-order valence-electron chi connectivity index (χ2n) is 4.72. The van der Waals surface area contributed by atoms with Gasteiger partial charge in [0.05, 0.1) is 21.7 Å². The van der Waals surface area contributed by atoms with Gasteiger partial charge in [-0.15, -0.1) is 0 Å². The highest BCUT2D eigenvalue weighted by molar-refractivity contribution is 7.99. The molecular formula is C16H10Cl2N2O2S. The first-order chi connectivity index (χ1) is 11.0. The number of nitrogens with zero attached hydrogens (tertiary/aromatic N) is 1. The Morgan fingerprint density at radius 1 is 1.17 bits per heavy atom. The monoisotopic (exact) mass is 364 g/mol. The number of H-pyrrole nitrogens is 1. The number of hydrogen-bond acceptors (Lipinski definition) is 4. The average Bonchev–Trinajstić information content (AvgIpc) is 2.53. The molecule has 0 aliphatic carbocycles. The van der Waals surface area contributed by atoms with Crippen molar-refractivity contribution in [1.82, 2.24) is 9.97 Å². The van der Waals surface area contributed by atoms with Crippen LogP contribution in [0.15, 0.2) is 52.4 Å². The molecule has 0 aliphatic rings. The maximum atomic E-state index is 12.2. The van der Waals surface area contributed by atoms with Gasteiger partial charge < -0.3 is 4.98 Å². The number of hydrogen-bond donors (Lipinski definition) is 1. The smallest absolute Gasteiger partial charge is 0.259 e. The Hall–Kier alpha value is -1.82. The zero-order valence-corrected chi connectivity index (χ0v) is 14.0. The van der Waals surface area contributed by atoms with Crippen molar-refractivity contribution in [3.63, 3.8) is 0 Å². The van der Waals surface area contributed by atoms with Crippen LogP contribution in [-0.4, -0.2) is 21.5 Å². The third kappa shape index (κ3) is 3.58. The summed E-state index contributed by atoms with van der Waals surface area (Å²) in [6.07, 6.45) is 0. The molecule has 4 nitrogen and oxygen atoms in total. The van der Waals surface area contributed by atoms with E-state index in [0.29, 0.717) is 31.7 Å². The lowest BCUT2D eigenvalue weighted by Gasteiger charge is -2.04. The number of para-hydroxylation sites is 1. The van der Waals surface area contributed by atoms with Gasteiger partial charge in [0.1, 0.15) is 0 Å². The molecule has 2 aromatic carbocycles. The largest absolute Gasteiger partial charge is 0.301 e. The summed E-state index contributed by atoms with van der Waals surface area (Å²) in [6.45, 7) is 0. The molecule has 0 bridgehead atoms. The first-order valence-corrected chi connectivity index (χ1v) is 8.39. The minimum absolute atomic E-state index is 0.114. The molecule has 0 saturated heterocycles. The van der Waals surface area contributed by atoms with E-state index >= 15 is 0 Å². The second-order valence-corrected chi connectivity index (χ2v) is 6.53. The van der Waals surface area contributed by atoms with Crippen LogP contribution in [0, 0.1) is 0 Å². The van der Waals surface area contributed by atoms with Gasteiger partial charge in [0.2, 0.25) is 0 Å². The molecule has 0 radical (unpaired) electrons. The number of halogens is 2. The van der Waals surface area contributed by atoms with E-state index < -0.39 is 0 Å². The highest BCUT2D eigenvalue weighted by Crippen LogP contribution is 2.23. The number of ketones is 1. The van der Waals surface area contributed by atoms with E-state index in [9.17, 15) is 9.59 Å². The summed E-state index contributed by atoms with van der Waals surface area (Å²) in [6, 6.07) is 11.8. The van der Waals surface area contributed by atoms with Crippen LogP contribution in [0.25, 0.3) is 10.9 Å². The number of carbonyl (C=O) groups excluding carboxylic acids is 1. The first-order valence-electron chi connectivity index (χ1n) is 6.65. The lowest BCUT2D eigenvalue weighted by atomic mass is 10.1. The SMILES string of the molecule is O=C(CSc1nc2ccccc2c(=O)[nH]1)c1ccc(Cl)cc1Cl. The summed E-state index contributed by atoms with van der Waals surface area (Å²) in [5.41, 5.74) is 0.762. The third-order valence-corrected chi connectivity index (χ3v) is 4.58. The highest BCUT2D eigenvalue weighted by atomic mass is 35.5. The topological polar surface area (TPSA) is 62.8 Å². The average molecular weight is 365 g/mol. The van der Waals surface area contributed by atoms with Gasteiger partial charge in [0.25, 0.3) is 5.56 Å². The summed E-state index contributed by atoms with van der Waals surface area (Å²) in [7, 11) is 0. The molecule has 1 heterocycles. The highest BCUT2D eigenvalue weighted by Gasteiger charge is 2.12. The quantitative estimate of drug-likeness (QED) is 0.428. The number of rotatable bonds is 4. The number of aromatic amines is 1. The van der Waals surface area contributed by atoms with E-state index in [0.717, 1.165) is 11.8 Å². The molecule has 0 fully saturated rings. The van der Waals surface area contributed by atoms with Crippen LogP contribution in [-0.2, 0) is 0 Å². The lowest BCUT2D eigenvalue weighted by Crippen LogP contribution is -2.10. The van der Waals surface area contributed by atoms with Crippen molar-refractivity contribution in [3.05, 3.63) is 68.4 Å². The van der Waals surface area contributed by atoms with Crippen LogP contribution in [0.4, 0.5) is 0 Å². The number of aromatic nitrogens is 2. The Kier molecular flexibility index (Phi) is 4.71. The van der Waals surface area contributed by atoms with Crippen LogP contribution < -0.4 is 5.56 Å². The molecule has 0 atom stereocenters. The van der Waals surface area contributed by atoms with Crippen molar-refractivity contribution in [3.8, 4) is 0 Å². The van der Waals surface area contributed by atoms with Crippen molar-refractivity contribution in [1.29, 1.82) is 0 Å². The predicted molar refractivity (Wildman–Crippen MR) is 93.9 cm³/mol. The molecule has 23 heavy (non-hydrogen) atoms. The Bertz CT molecular complexity index is 956. The summed E-state index contributed by atoms with van der Waals surface area (Å²) < 4.78 is 0. The number of fused-ring (bicyclic) bond motifs is 1. The molecule has 0 aliphatic heterocycles. The van der Waals surface area contributed by atoms with E-state index in [4.69, 9.17) is 23.2 Å². The fraction of sp³-hybridized carbons (Fsp3) is 0.0625. The van der Waals surface area contributed by atoms with E-state index in [-0.39, 0.29) is 17.1 Å². The fourth-order valence-electron chi connectivity index (χ4n) is 2.06. The van der Waals surface area contributed by atoms with Crippen LogP contribution in [0.5, 0.6) is 0 Å². The van der Waals surface area contributed by atoms with Gasteiger partial charge in [-0.25, -0.2) is 4.98 Å².